The van der Waals surface area contributed by atoms with Gasteiger partial charge in [0, 0.05) is 11.5 Å². The molecule has 1 amide bonds. The predicted octanol–water partition coefficient (Wildman–Crippen LogP) is 5.32. The topological polar surface area (TPSA) is 38.3 Å². The van der Waals surface area contributed by atoms with Crippen molar-refractivity contribution in [3.63, 3.8) is 0 Å². The maximum Gasteiger partial charge on any atom is 0.243 e. The molecule has 0 aromatic heterocycles. The first kappa shape index (κ1) is 19.2. The molecule has 3 fully saturated rings. The summed E-state index contributed by atoms with van der Waals surface area (Å²) >= 11 is 0. The highest BCUT2D eigenvalue weighted by Crippen LogP contribution is 2.68. The van der Waals surface area contributed by atoms with Crippen molar-refractivity contribution in [2.45, 2.75) is 64.8 Å². The Kier molecular flexibility index (Phi) is 4.38. The van der Waals surface area contributed by atoms with Gasteiger partial charge in [0.25, 0.3) is 0 Å². The van der Waals surface area contributed by atoms with Gasteiger partial charge < -0.3 is 10.1 Å². The van der Waals surface area contributed by atoms with Crippen LogP contribution in [-0.4, -0.2) is 19.1 Å². The Morgan fingerprint density at radius 2 is 1.83 bits per heavy atom. The van der Waals surface area contributed by atoms with Gasteiger partial charge in [0.15, 0.2) is 0 Å². The third-order valence-electron chi connectivity index (χ3n) is 9.58. The summed E-state index contributed by atoms with van der Waals surface area (Å²) in [4.78, 5) is 12.0. The molecule has 156 valence electrons. The number of carbonyl (C=O) groups excluding carboxylic acids is 1. The third kappa shape index (κ3) is 2.72. The molecule has 0 saturated heterocycles. The maximum absolute atomic E-state index is 12.0. The average Bonchev–Trinajstić information content (AvgIpc) is 3.06. The standard InChI is InChI=1S/C26H35NO2/c1-16-15-22-26(3,14-12-23(28)27-22)21-11-13-25(2)19(9-10-20(25)24(16)21)17-5-7-18(29-4)8-6-17/h5-8,12,14,16,19-22,24H,9-11,13,15H2,1-4H3,(H,27,28)/t16?,19?,20-,21+,22?,24-,25+,26+/m0/s1. The minimum Gasteiger partial charge on any atom is -0.497 e. The number of hydrogen-bond acceptors (Lipinski definition) is 2. The van der Waals surface area contributed by atoms with Gasteiger partial charge >= 0.3 is 0 Å². The van der Waals surface area contributed by atoms with Crippen molar-refractivity contribution < 1.29 is 9.53 Å². The lowest BCUT2D eigenvalue weighted by atomic mass is 9.45. The van der Waals surface area contributed by atoms with Crippen LogP contribution in [0, 0.1) is 34.5 Å². The first-order valence-corrected chi connectivity index (χ1v) is 11.5. The second-order valence-corrected chi connectivity index (χ2v) is 10.7. The van der Waals surface area contributed by atoms with Gasteiger partial charge in [-0.15, -0.1) is 0 Å². The number of hydrogen-bond donors (Lipinski definition) is 1. The molecule has 1 aromatic carbocycles. The fourth-order valence-corrected chi connectivity index (χ4v) is 8.07. The van der Waals surface area contributed by atoms with Crippen LogP contribution in [0.15, 0.2) is 36.4 Å². The van der Waals surface area contributed by atoms with Gasteiger partial charge in [0.05, 0.1) is 7.11 Å². The van der Waals surface area contributed by atoms with Crippen molar-refractivity contribution in [1.29, 1.82) is 0 Å². The summed E-state index contributed by atoms with van der Waals surface area (Å²) in [5.74, 6) is 4.59. The molecule has 3 unspecified atom stereocenters. The molecule has 5 rings (SSSR count). The lowest BCUT2D eigenvalue weighted by Crippen LogP contribution is -2.61. The quantitative estimate of drug-likeness (QED) is 0.738. The molecule has 0 spiro atoms. The molecule has 3 heteroatoms. The molecule has 1 aliphatic heterocycles. The van der Waals surface area contributed by atoms with Gasteiger partial charge in [-0.25, -0.2) is 0 Å². The van der Waals surface area contributed by atoms with Gasteiger partial charge in [-0.05, 0) is 90.9 Å². The molecule has 3 nitrogen and oxygen atoms in total. The highest BCUT2D eigenvalue weighted by molar-refractivity contribution is 5.89. The molecule has 29 heavy (non-hydrogen) atoms. The van der Waals surface area contributed by atoms with E-state index in [2.05, 4.69) is 56.4 Å². The predicted molar refractivity (Wildman–Crippen MR) is 116 cm³/mol. The van der Waals surface area contributed by atoms with Gasteiger partial charge in [-0.2, -0.15) is 0 Å². The number of methoxy groups -OCH3 is 1. The van der Waals surface area contributed by atoms with Crippen LogP contribution in [-0.2, 0) is 4.79 Å². The Morgan fingerprint density at radius 3 is 2.55 bits per heavy atom. The van der Waals surface area contributed by atoms with Crippen molar-refractivity contribution in [1.82, 2.24) is 5.32 Å². The van der Waals surface area contributed by atoms with Crippen molar-refractivity contribution in [2.75, 3.05) is 7.11 Å². The van der Waals surface area contributed by atoms with Crippen molar-refractivity contribution in [3.8, 4) is 5.75 Å². The second kappa shape index (κ2) is 6.62. The number of carbonyl (C=O) groups is 1. The zero-order chi connectivity index (χ0) is 20.4. The van der Waals surface area contributed by atoms with Gasteiger partial charge in [0.1, 0.15) is 5.75 Å². The molecule has 3 saturated carbocycles. The summed E-state index contributed by atoms with van der Waals surface area (Å²) in [6.07, 6.45) is 10.4. The van der Waals surface area contributed by atoms with E-state index in [1.165, 1.54) is 31.2 Å². The number of rotatable bonds is 2. The van der Waals surface area contributed by atoms with Crippen LogP contribution >= 0.6 is 0 Å². The molecule has 0 bridgehead atoms. The Hall–Kier alpha value is -1.77. The lowest BCUT2D eigenvalue weighted by molar-refractivity contribution is -0.125. The number of ether oxygens (including phenoxy) is 1. The summed E-state index contributed by atoms with van der Waals surface area (Å²) in [6, 6.07) is 9.15. The molecule has 3 aliphatic carbocycles. The Balaban J connectivity index is 1.47. The Bertz CT molecular complexity index is 830. The van der Waals surface area contributed by atoms with Crippen LogP contribution in [0.5, 0.6) is 5.75 Å². The van der Waals surface area contributed by atoms with Gasteiger partial charge in [0.2, 0.25) is 5.91 Å². The van der Waals surface area contributed by atoms with E-state index >= 15 is 0 Å². The minimum atomic E-state index is 0.0965. The Labute approximate surface area is 175 Å². The fourth-order valence-electron chi connectivity index (χ4n) is 8.07. The van der Waals surface area contributed by atoms with E-state index in [9.17, 15) is 4.79 Å². The van der Waals surface area contributed by atoms with E-state index < -0.39 is 0 Å². The zero-order valence-corrected chi connectivity index (χ0v) is 18.3. The van der Waals surface area contributed by atoms with Crippen LogP contribution < -0.4 is 10.1 Å². The molecule has 1 N–H and O–H groups in total. The van der Waals surface area contributed by atoms with E-state index in [0.717, 1.165) is 24.0 Å². The summed E-state index contributed by atoms with van der Waals surface area (Å²) < 4.78 is 5.38. The maximum atomic E-state index is 12.0. The number of amides is 1. The molecule has 1 heterocycles. The number of nitrogens with one attached hydrogen (secondary N) is 1. The van der Waals surface area contributed by atoms with Crippen molar-refractivity contribution in [2.24, 2.45) is 34.5 Å². The van der Waals surface area contributed by atoms with E-state index in [1.54, 1.807) is 13.2 Å². The second-order valence-electron chi connectivity index (χ2n) is 10.7. The van der Waals surface area contributed by atoms with Gasteiger partial charge in [-0.1, -0.05) is 39.0 Å². The summed E-state index contributed by atoms with van der Waals surface area (Å²) in [7, 11) is 1.74. The lowest BCUT2D eigenvalue weighted by Gasteiger charge is -2.61. The average molecular weight is 394 g/mol. The van der Waals surface area contributed by atoms with E-state index in [4.69, 9.17) is 4.74 Å². The van der Waals surface area contributed by atoms with Crippen LogP contribution in [0.2, 0.25) is 0 Å². The monoisotopic (exact) mass is 393 g/mol. The van der Waals surface area contributed by atoms with Gasteiger partial charge in [-0.3, -0.25) is 4.79 Å². The summed E-state index contributed by atoms with van der Waals surface area (Å²) in [6.45, 7) is 7.44. The van der Waals surface area contributed by atoms with Crippen LogP contribution in [0.4, 0.5) is 0 Å². The SMILES string of the molecule is COc1ccc(C2CC[C@H]3[C@@H]4C(C)CC5NC(=O)C=C[C@]5(C)[C@@H]4CC[C@]23C)cc1. The number of benzene rings is 1. The first-order valence-electron chi connectivity index (χ1n) is 11.5. The normalized spacial score (nSPS) is 45.7. The molecule has 4 aliphatic rings. The zero-order valence-electron chi connectivity index (χ0n) is 18.3. The first-order chi connectivity index (χ1) is 13.9. The van der Waals surface area contributed by atoms with Crippen LogP contribution in [0.3, 0.4) is 0 Å². The molecular weight excluding hydrogens is 358 g/mol. The largest absolute Gasteiger partial charge is 0.497 e. The summed E-state index contributed by atoms with van der Waals surface area (Å²) in [5.41, 5.74) is 1.99. The third-order valence-corrected chi connectivity index (χ3v) is 9.58. The van der Waals surface area contributed by atoms with Crippen LogP contribution in [0.1, 0.15) is 64.4 Å². The smallest absolute Gasteiger partial charge is 0.243 e. The number of fused-ring (bicyclic) bond motifs is 5. The highest BCUT2D eigenvalue weighted by atomic mass is 16.5. The van der Waals surface area contributed by atoms with Crippen LogP contribution in [0.25, 0.3) is 0 Å². The molecule has 0 radical (unpaired) electrons. The van der Waals surface area contributed by atoms with E-state index in [-0.39, 0.29) is 11.3 Å². The highest BCUT2D eigenvalue weighted by Gasteiger charge is 2.61. The Morgan fingerprint density at radius 1 is 1.07 bits per heavy atom. The molecular formula is C26H35NO2. The van der Waals surface area contributed by atoms with E-state index in [0.29, 0.717) is 29.2 Å². The minimum absolute atomic E-state index is 0.0965. The van der Waals surface area contributed by atoms with Crippen molar-refractivity contribution >= 4 is 5.91 Å². The molecule has 8 atom stereocenters. The van der Waals surface area contributed by atoms with Crippen molar-refractivity contribution in [3.05, 3.63) is 42.0 Å². The van der Waals surface area contributed by atoms with E-state index in [1.807, 2.05) is 0 Å². The fraction of sp³-hybridized carbons (Fsp3) is 0.654. The summed E-state index contributed by atoms with van der Waals surface area (Å²) in [5, 5.41) is 3.30. The molecule has 1 aromatic rings.